The highest BCUT2D eigenvalue weighted by Gasteiger charge is 2.07. The van der Waals surface area contributed by atoms with E-state index in [1.165, 1.54) is 5.56 Å². The molecule has 0 atom stereocenters. The number of nitrogens with zero attached hydrogens (tertiary/aromatic N) is 1. The Morgan fingerprint density at radius 3 is 2.54 bits per heavy atom. The molecule has 0 amide bonds. The maximum Gasteiger partial charge on any atom is 0.0888 e. The van der Waals surface area contributed by atoms with Gasteiger partial charge in [0.2, 0.25) is 0 Å². The van der Waals surface area contributed by atoms with Gasteiger partial charge >= 0.3 is 0 Å². The lowest BCUT2D eigenvalue weighted by molar-refractivity contribution is 0.867. The largest absolute Gasteiger partial charge is 0.386 e. The third kappa shape index (κ3) is 1.89. The van der Waals surface area contributed by atoms with Gasteiger partial charge < -0.3 is 5.32 Å². The minimum absolute atomic E-state index is 0.480. The molecule has 0 aromatic heterocycles. The number of rotatable bonds is 3. The zero-order valence-corrected chi connectivity index (χ0v) is 8.46. The van der Waals surface area contributed by atoms with Crippen LogP contribution in [0.15, 0.2) is 23.2 Å². The van der Waals surface area contributed by atoms with Crippen molar-refractivity contribution >= 4 is 18.1 Å². The lowest BCUT2D eigenvalue weighted by atomic mass is 10.0. The van der Waals surface area contributed by atoms with Crippen molar-refractivity contribution in [3.63, 3.8) is 0 Å². The van der Waals surface area contributed by atoms with Crippen LogP contribution >= 0.6 is 0 Å². The Hall–Kier alpha value is -1.31. The van der Waals surface area contributed by atoms with Crippen molar-refractivity contribution in [3.05, 3.63) is 23.8 Å². The van der Waals surface area contributed by atoms with Crippen LogP contribution in [0.1, 0.15) is 25.3 Å². The van der Waals surface area contributed by atoms with Crippen molar-refractivity contribution < 1.29 is 0 Å². The SMILES string of the molecule is C=Nc1c(NC)cccc1C(C)C. The van der Waals surface area contributed by atoms with Crippen molar-refractivity contribution in [2.75, 3.05) is 12.4 Å². The highest BCUT2D eigenvalue weighted by Crippen LogP contribution is 2.33. The Bertz CT molecular complexity index is 303. The van der Waals surface area contributed by atoms with Crippen molar-refractivity contribution in [1.29, 1.82) is 0 Å². The molecule has 0 fully saturated rings. The molecular weight excluding hydrogens is 160 g/mol. The molecule has 2 heteroatoms. The Balaban J connectivity index is 3.27. The Kier molecular flexibility index (Phi) is 3.07. The van der Waals surface area contributed by atoms with Crippen molar-refractivity contribution in [1.82, 2.24) is 0 Å². The fraction of sp³-hybridized carbons (Fsp3) is 0.364. The van der Waals surface area contributed by atoms with Crippen LogP contribution in [-0.2, 0) is 0 Å². The number of hydrogen-bond donors (Lipinski definition) is 1. The molecule has 0 radical (unpaired) electrons. The van der Waals surface area contributed by atoms with Gasteiger partial charge in [-0.2, -0.15) is 0 Å². The van der Waals surface area contributed by atoms with Gasteiger partial charge in [-0.3, -0.25) is 4.99 Å². The highest BCUT2D eigenvalue weighted by atomic mass is 14.9. The standard InChI is InChI=1S/C11H16N2/c1-8(2)9-6-5-7-10(12-3)11(9)13-4/h5-8,12H,4H2,1-3H3. The molecule has 13 heavy (non-hydrogen) atoms. The van der Waals surface area contributed by atoms with E-state index in [1.807, 2.05) is 19.2 Å². The van der Waals surface area contributed by atoms with Crippen LogP contribution in [0.2, 0.25) is 0 Å². The molecule has 0 spiro atoms. The van der Waals surface area contributed by atoms with E-state index in [-0.39, 0.29) is 0 Å². The van der Waals surface area contributed by atoms with Gasteiger partial charge in [0, 0.05) is 7.05 Å². The van der Waals surface area contributed by atoms with Gasteiger partial charge in [-0.25, -0.2) is 0 Å². The summed E-state index contributed by atoms with van der Waals surface area (Å²) < 4.78 is 0. The molecule has 0 saturated heterocycles. The van der Waals surface area contributed by atoms with E-state index in [9.17, 15) is 0 Å². The summed E-state index contributed by atoms with van der Waals surface area (Å²) in [7, 11) is 1.90. The van der Waals surface area contributed by atoms with Crippen LogP contribution in [0.5, 0.6) is 0 Å². The van der Waals surface area contributed by atoms with Gasteiger partial charge in [0.05, 0.1) is 11.4 Å². The van der Waals surface area contributed by atoms with Crippen LogP contribution in [0.3, 0.4) is 0 Å². The molecule has 0 aliphatic heterocycles. The van der Waals surface area contributed by atoms with Gasteiger partial charge in [0.25, 0.3) is 0 Å². The minimum atomic E-state index is 0.480. The molecule has 70 valence electrons. The number of benzene rings is 1. The predicted octanol–water partition coefficient (Wildman–Crippen LogP) is 3.18. The van der Waals surface area contributed by atoms with Crippen molar-refractivity contribution in [2.45, 2.75) is 19.8 Å². The van der Waals surface area contributed by atoms with Crippen LogP contribution < -0.4 is 5.32 Å². The van der Waals surface area contributed by atoms with E-state index < -0.39 is 0 Å². The second kappa shape index (κ2) is 4.08. The molecule has 0 bridgehead atoms. The fourth-order valence-electron chi connectivity index (χ4n) is 1.41. The number of nitrogens with one attached hydrogen (secondary N) is 1. The smallest absolute Gasteiger partial charge is 0.0888 e. The molecule has 1 aromatic carbocycles. The average molecular weight is 176 g/mol. The zero-order chi connectivity index (χ0) is 9.84. The molecule has 0 aliphatic carbocycles. The third-order valence-electron chi connectivity index (χ3n) is 2.12. The van der Waals surface area contributed by atoms with Gasteiger partial charge in [-0.05, 0) is 24.3 Å². The summed E-state index contributed by atoms with van der Waals surface area (Å²) in [5.41, 5.74) is 3.25. The van der Waals surface area contributed by atoms with E-state index in [2.05, 4.69) is 36.9 Å². The summed E-state index contributed by atoms with van der Waals surface area (Å²) in [6, 6.07) is 6.14. The number of hydrogen-bond acceptors (Lipinski definition) is 2. The summed E-state index contributed by atoms with van der Waals surface area (Å²) in [6.45, 7) is 7.90. The molecule has 1 N–H and O–H groups in total. The molecule has 0 unspecified atom stereocenters. The number of anilines is 1. The van der Waals surface area contributed by atoms with E-state index in [0.717, 1.165) is 11.4 Å². The second-order valence-electron chi connectivity index (χ2n) is 3.31. The Morgan fingerprint density at radius 1 is 1.38 bits per heavy atom. The molecule has 0 saturated carbocycles. The maximum atomic E-state index is 4.05. The van der Waals surface area contributed by atoms with Gasteiger partial charge in [-0.15, -0.1) is 0 Å². The van der Waals surface area contributed by atoms with E-state index in [1.54, 1.807) is 0 Å². The van der Waals surface area contributed by atoms with E-state index in [0.29, 0.717) is 5.92 Å². The first kappa shape index (κ1) is 9.78. The van der Waals surface area contributed by atoms with Crippen LogP contribution in [0.25, 0.3) is 0 Å². The molecule has 0 aliphatic rings. The highest BCUT2D eigenvalue weighted by molar-refractivity contribution is 5.71. The zero-order valence-electron chi connectivity index (χ0n) is 8.46. The molecule has 1 aromatic rings. The first-order valence-electron chi connectivity index (χ1n) is 4.48. The van der Waals surface area contributed by atoms with Crippen molar-refractivity contribution in [2.24, 2.45) is 4.99 Å². The lowest BCUT2D eigenvalue weighted by Crippen LogP contribution is -1.93. The third-order valence-corrected chi connectivity index (χ3v) is 2.12. The molecule has 2 nitrogen and oxygen atoms in total. The van der Waals surface area contributed by atoms with Crippen LogP contribution in [0.4, 0.5) is 11.4 Å². The Labute approximate surface area is 79.7 Å². The van der Waals surface area contributed by atoms with E-state index >= 15 is 0 Å². The monoisotopic (exact) mass is 176 g/mol. The summed E-state index contributed by atoms with van der Waals surface area (Å²) in [5, 5.41) is 3.11. The average Bonchev–Trinajstić information content (AvgIpc) is 2.16. The molecular formula is C11H16N2. The second-order valence-corrected chi connectivity index (χ2v) is 3.31. The fourth-order valence-corrected chi connectivity index (χ4v) is 1.41. The lowest BCUT2D eigenvalue weighted by Gasteiger charge is -2.12. The summed E-state index contributed by atoms with van der Waals surface area (Å²) in [5.74, 6) is 0.480. The van der Waals surface area contributed by atoms with Crippen LogP contribution in [-0.4, -0.2) is 13.8 Å². The first-order valence-corrected chi connectivity index (χ1v) is 4.48. The maximum absolute atomic E-state index is 4.05. The quantitative estimate of drug-likeness (QED) is 0.703. The van der Waals surface area contributed by atoms with Crippen molar-refractivity contribution in [3.8, 4) is 0 Å². The van der Waals surface area contributed by atoms with E-state index in [4.69, 9.17) is 0 Å². The summed E-state index contributed by atoms with van der Waals surface area (Å²) in [6.07, 6.45) is 0. The summed E-state index contributed by atoms with van der Waals surface area (Å²) in [4.78, 5) is 4.05. The summed E-state index contributed by atoms with van der Waals surface area (Å²) >= 11 is 0. The normalized spacial score (nSPS) is 10.2. The molecule has 1 rings (SSSR count). The topological polar surface area (TPSA) is 24.4 Å². The minimum Gasteiger partial charge on any atom is -0.386 e. The number of aliphatic imine (C=N–C) groups is 1. The van der Waals surface area contributed by atoms with Gasteiger partial charge in [0.15, 0.2) is 0 Å². The Morgan fingerprint density at radius 2 is 2.08 bits per heavy atom. The van der Waals surface area contributed by atoms with Gasteiger partial charge in [-0.1, -0.05) is 26.0 Å². The first-order chi connectivity index (χ1) is 6.20. The van der Waals surface area contributed by atoms with Crippen LogP contribution in [0, 0.1) is 0 Å². The van der Waals surface area contributed by atoms with Gasteiger partial charge in [0.1, 0.15) is 0 Å². The molecule has 0 heterocycles. The predicted molar refractivity (Wildman–Crippen MR) is 59.3 cm³/mol. The number of para-hydroxylation sites is 1.